The van der Waals surface area contributed by atoms with E-state index in [1.165, 1.54) is 16.7 Å². The summed E-state index contributed by atoms with van der Waals surface area (Å²) in [4.78, 5) is 4.43. The number of halogens is 1. The summed E-state index contributed by atoms with van der Waals surface area (Å²) in [5.74, 6) is 0.431. The fourth-order valence-electron chi connectivity index (χ4n) is 3.09. The van der Waals surface area contributed by atoms with Crippen LogP contribution in [0.15, 0.2) is 40.4 Å². The summed E-state index contributed by atoms with van der Waals surface area (Å²) in [5.41, 5.74) is 4.42. The minimum Gasteiger partial charge on any atom is -0.288 e. The number of rotatable bonds is 1. The van der Waals surface area contributed by atoms with Crippen LogP contribution in [0.3, 0.4) is 0 Å². The molecule has 0 bridgehead atoms. The lowest BCUT2D eigenvalue weighted by Crippen LogP contribution is -2.12. The van der Waals surface area contributed by atoms with Crippen molar-refractivity contribution in [1.29, 1.82) is 0 Å². The molecule has 0 amide bonds. The van der Waals surface area contributed by atoms with E-state index >= 15 is 0 Å². The molecule has 1 nitrogen and oxygen atoms in total. The van der Waals surface area contributed by atoms with Gasteiger partial charge in [-0.1, -0.05) is 43.6 Å². The van der Waals surface area contributed by atoms with Crippen LogP contribution in [0.1, 0.15) is 31.7 Å². The van der Waals surface area contributed by atoms with Crippen LogP contribution in [0.5, 0.6) is 0 Å². The summed E-state index contributed by atoms with van der Waals surface area (Å²) in [6.07, 6.45) is 3.20. The van der Waals surface area contributed by atoms with Crippen molar-refractivity contribution in [1.82, 2.24) is 0 Å². The zero-order chi connectivity index (χ0) is 12.0. The Morgan fingerprint density at radius 1 is 1.29 bits per heavy atom. The van der Waals surface area contributed by atoms with Crippen molar-refractivity contribution in [3.8, 4) is 0 Å². The third kappa shape index (κ3) is 1.64. The van der Waals surface area contributed by atoms with Crippen molar-refractivity contribution >= 4 is 17.8 Å². The SMILES string of the molecule is CC1(C)CC(c2ccccc2Cl)C2=C1CN=C2. The van der Waals surface area contributed by atoms with E-state index in [4.69, 9.17) is 11.6 Å². The molecule has 1 atom stereocenters. The summed E-state index contributed by atoms with van der Waals surface area (Å²) in [6.45, 7) is 5.50. The predicted octanol–water partition coefficient (Wildman–Crippen LogP) is 4.23. The number of hydrogen-bond donors (Lipinski definition) is 0. The van der Waals surface area contributed by atoms with Crippen molar-refractivity contribution in [2.75, 3.05) is 6.54 Å². The van der Waals surface area contributed by atoms with Crippen LogP contribution in [0, 0.1) is 5.41 Å². The molecule has 88 valence electrons. The van der Waals surface area contributed by atoms with Crippen molar-refractivity contribution in [2.24, 2.45) is 10.4 Å². The fraction of sp³-hybridized carbons (Fsp3) is 0.400. The molecule has 1 aromatic carbocycles. The highest BCUT2D eigenvalue weighted by molar-refractivity contribution is 6.31. The average molecular weight is 246 g/mol. The molecule has 1 aliphatic heterocycles. The van der Waals surface area contributed by atoms with Gasteiger partial charge < -0.3 is 0 Å². The van der Waals surface area contributed by atoms with Crippen molar-refractivity contribution < 1.29 is 0 Å². The Balaban J connectivity index is 2.07. The van der Waals surface area contributed by atoms with E-state index < -0.39 is 0 Å². The van der Waals surface area contributed by atoms with Gasteiger partial charge in [0.1, 0.15) is 0 Å². The van der Waals surface area contributed by atoms with Crippen LogP contribution in [0.25, 0.3) is 0 Å². The Hall–Kier alpha value is -1.08. The zero-order valence-corrected chi connectivity index (χ0v) is 11.0. The van der Waals surface area contributed by atoms with Gasteiger partial charge in [0.2, 0.25) is 0 Å². The summed E-state index contributed by atoms with van der Waals surface area (Å²) in [6, 6.07) is 8.18. The van der Waals surface area contributed by atoms with Crippen LogP contribution in [-0.4, -0.2) is 12.8 Å². The van der Waals surface area contributed by atoms with Gasteiger partial charge in [0.25, 0.3) is 0 Å². The molecule has 0 saturated carbocycles. The minimum atomic E-state index is 0.260. The molecule has 2 aliphatic rings. The van der Waals surface area contributed by atoms with Gasteiger partial charge in [-0.05, 0) is 34.6 Å². The van der Waals surface area contributed by atoms with Gasteiger partial charge in [-0.15, -0.1) is 0 Å². The number of hydrogen-bond acceptors (Lipinski definition) is 1. The molecule has 17 heavy (non-hydrogen) atoms. The molecule has 0 fully saturated rings. The molecule has 0 N–H and O–H groups in total. The monoisotopic (exact) mass is 245 g/mol. The summed E-state index contributed by atoms with van der Waals surface area (Å²) in [5, 5.41) is 0.877. The average Bonchev–Trinajstić information content (AvgIpc) is 2.83. The number of benzene rings is 1. The molecule has 3 rings (SSSR count). The van der Waals surface area contributed by atoms with E-state index in [9.17, 15) is 0 Å². The quantitative estimate of drug-likeness (QED) is 0.702. The van der Waals surface area contributed by atoms with Gasteiger partial charge in [-0.25, -0.2) is 0 Å². The number of nitrogens with zero attached hydrogens (tertiary/aromatic N) is 1. The van der Waals surface area contributed by atoms with E-state index in [1.807, 2.05) is 12.1 Å². The standard InChI is InChI=1S/C15H16ClN/c1-15(2)7-11(12-8-17-9-13(12)15)10-5-3-4-6-14(10)16/h3-6,8,11H,7,9H2,1-2H3. The predicted molar refractivity (Wildman–Crippen MR) is 73.0 cm³/mol. The molecular weight excluding hydrogens is 230 g/mol. The van der Waals surface area contributed by atoms with Gasteiger partial charge in [0.15, 0.2) is 0 Å². The van der Waals surface area contributed by atoms with Crippen LogP contribution in [0.4, 0.5) is 0 Å². The summed E-state index contributed by atoms with van der Waals surface area (Å²) < 4.78 is 0. The lowest BCUT2D eigenvalue weighted by atomic mass is 9.83. The highest BCUT2D eigenvalue weighted by Gasteiger charge is 2.40. The van der Waals surface area contributed by atoms with Crippen LogP contribution in [-0.2, 0) is 0 Å². The van der Waals surface area contributed by atoms with Gasteiger partial charge in [0, 0.05) is 17.2 Å². The summed E-state index contributed by atoms with van der Waals surface area (Å²) >= 11 is 6.32. The van der Waals surface area contributed by atoms with Crippen molar-refractivity contribution in [2.45, 2.75) is 26.2 Å². The maximum absolute atomic E-state index is 6.32. The molecule has 0 radical (unpaired) electrons. The Labute approximate surface area is 107 Å². The summed E-state index contributed by atoms with van der Waals surface area (Å²) in [7, 11) is 0. The van der Waals surface area contributed by atoms with E-state index in [2.05, 4.69) is 37.2 Å². The Morgan fingerprint density at radius 3 is 2.82 bits per heavy atom. The van der Waals surface area contributed by atoms with Crippen LogP contribution in [0.2, 0.25) is 5.02 Å². The number of aliphatic imine (C=N–C) groups is 1. The maximum atomic E-state index is 6.32. The second kappa shape index (κ2) is 3.71. The molecule has 1 heterocycles. The highest BCUT2D eigenvalue weighted by Crippen LogP contribution is 2.52. The van der Waals surface area contributed by atoms with Crippen molar-refractivity contribution in [3.63, 3.8) is 0 Å². The number of allylic oxidation sites excluding steroid dienone is 1. The first kappa shape index (κ1) is 11.0. The Morgan fingerprint density at radius 2 is 2.06 bits per heavy atom. The van der Waals surface area contributed by atoms with Gasteiger partial charge >= 0.3 is 0 Å². The lowest BCUT2D eigenvalue weighted by Gasteiger charge is -2.22. The Bertz CT molecular complexity index is 525. The van der Waals surface area contributed by atoms with Gasteiger partial charge in [0.05, 0.1) is 6.54 Å². The van der Waals surface area contributed by atoms with Gasteiger partial charge in [-0.3, -0.25) is 4.99 Å². The molecule has 1 aromatic rings. The van der Waals surface area contributed by atoms with E-state index in [-0.39, 0.29) is 5.41 Å². The molecule has 1 unspecified atom stereocenters. The first-order valence-corrected chi connectivity index (χ1v) is 6.45. The Kier molecular flexibility index (Phi) is 2.41. The maximum Gasteiger partial charge on any atom is 0.0611 e. The minimum absolute atomic E-state index is 0.260. The molecule has 1 aliphatic carbocycles. The molecular formula is C15H16ClN. The van der Waals surface area contributed by atoms with Crippen molar-refractivity contribution in [3.05, 3.63) is 46.0 Å². The third-order valence-electron chi connectivity index (χ3n) is 4.02. The fourth-order valence-corrected chi connectivity index (χ4v) is 3.36. The second-order valence-electron chi connectivity index (χ2n) is 5.57. The second-order valence-corrected chi connectivity index (χ2v) is 5.97. The van der Waals surface area contributed by atoms with Gasteiger partial charge in [-0.2, -0.15) is 0 Å². The first-order valence-electron chi connectivity index (χ1n) is 6.07. The molecule has 2 heteroatoms. The largest absolute Gasteiger partial charge is 0.288 e. The highest BCUT2D eigenvalue weighted by atomic mass is 35.5. The molecule has 0 spiro atoms. The smallest absolute Gasteiger partial charge is 0.0611 e. The van der Waals surface area contributed by atoms with E-state index in [0.29, 0.717) is 5.92 Å². The first-order chi connectivity index (χ1) is 8.09. The van der Waals surface area contributed by atoms with Crippen LogP contribution >= 0.6 is 11.6 Å². The lowest BCUT2D eigenvalue weighted by molar-refractivity contribution is 0.419. The zero-order valence-electron chi connectivity index (χ0n) is 10.2. The molecule has 0 aromatic heterocycles. The van der Waals surface area contributed by atoms with E-state index in [1.54, 1.807) is 0 Å². The van der Waals surface area contributed by atoms with Crippen LogP contribution < -0.4 is 0 Å². The molecule has 0 saturated heterocycles. The topological polar surface area (TPSA) is 12.4 Å². The normalized spacial score (nSPS) is 25.5. The third-order valence-corrected chi connectivity index (χ3v) is 4.36. The van der Waals surface area contributed by atoms with E-state index in [0.717, 1.165) is 18.0 Å².